The van der Waals surface area contributed by atoms with Crippen molar-refractivity contribution in [2.45, 2.75) is 6.92 Å². The number of hydrogen-bond acceptors (Lipinski definition) is 2. The largest absolute Gasteiger partial charge is 0.466 e. The van der Waals surface area contributed by atoms with Crippen LogP contribution >= 0.6 is 0 Å². The van der Waals surface area contributed by atoms with Crippen molar-refractivity contribution >= 4 is 41.6 Å². The van der Waals surface area contributed by atoms with Gasteiger partial charge in [0.15, 0.2) is 0 Å². The minimum Gasteiger partial charge on any atom is -0.466 e. The van der Waals surface area contributed by atoms with Gasteiger partial charge in [-0.1, -0.05) is 49.6 Å². The van der Waals surface area contributed by atoms with E-state index in [0.29, 0.717) is 5.57 Å². The first-order valence-electron chi connectivity index (χ1n) is 4.53. The van der Waals surface area contributed by atoms with Gasteiger partial charge < -0.3 is 4.74 Å². The molecule has 0 aliphatic carbocycles. The number of carbonyl (C=O) groups excluding carboxylic acids is 1. The van der Waals surface area contributed by atoms with E-state index in [4.69, 9.17) is 0 Å². The Morgan fingerprint density at radius 1 is 1.31 bits per heavy atom. The maximum absolute atomic E-state index is 10.2. The van der Waals surface area contributed by atoms with E-state index in [9.17, 15) is 4.79 Å². The summed E-state index contributed by atoms with van der Waals surface area (Å²) in [4.78, 5) is 10.2. The number of esters is 1. The molecule has 0 bridgehead atoms. The molecule has 0 N–H and O–H groups in total. The molecule has 0 fully saturated rings. The third-order valence-corrected chi connectivity index (χ3v) is 1.57. The summed E-state index contributed by atoms with van der Waals surface area (Å²) in [5.41, 5.74) is 1.61. The molecule has 0 saturated heterocycles. The summed E-state index contributed by atoms with van der Waals surface area (Å²) in [6.45, 7) is 8.59. The van der Waals surface area contributed by atoms with Gasteiger partial charge >= 0.3 is 5.97 Å². The number of carbonyl (C=O) groups is 1. The zero-order valence-corrected chi connectivity index (χ0v) is 12.2. The van der Waals surface area contributed by atoms with E-state index in [1.54, 1.807) is 6.92 Å². The summed E-state index contributed by atoms with van der Waals surface area (Å²) in [7, 11) is 1.33. The molecule has 1 aromatic carbocycles. The summed E-state index contributed by atoms with van der Waals surface area (Å²) >= 11 is 0. The van der Waals surface area contributed by atoms with Crippen LogP contribution in [0, 0.1) is 0 Å². The summed E-state index contributed by atoms with van der Waals surface area (Å²) in [6, 6.07) is 10.0. The Hall–Kier alpha value is -0.830. The predicted octanol–water partition coefficient (Wildman–Crippen LogP) is 2.68. The molecule has 3 heteroatoms. The van der Waals surface area contributed by atoms with Crippen molar-refractivity contribution in [3.63, 3.8) is 0 Å². The molecule has 1 aromatic rings. The molecule has 1 rings (SSSR count). The Balaban J connectivity index is 0. The smallest absolute Gasteiger partial charge is 0.332 e. The van der Waals surface area contributed by atoms with E-state index in [2.05, 4.69) is 17.9 Å². The van der Waals surface area contributed by atoms with E-state index in [0.717, 1.165) is 0 Å². The normalized spacial score (nSPS) is 7.62. The zero-order chi connectivity index (χ0) is 11.7. The third-order valence-electron chi connectivity index (χ3n) is 1.57. The average Bonchev–Trinajstić information content (AvgIpc) is 2.29. The quantitative estimate of drug-likeness (QED) is 0.441. The zero-order valence-electron chi connectivity index (χ0n) is 10.2. The molecule has 0 heterocycles. The molecule has 0 atom stereocenters. The molecule has 0 aliphatic heterocycles. The molecule has 0 aliphatic rings. The second kappa shape index (κ2) is 10.7. The first kappa shape index (κ1) is 17.6. The van der Waals surface area contributed by atoms with Crippen LogP contribution in [0.2, 0.25) is 0 Å². The Bertz CT molecular complexity index is 331. The van der Waals surface area contributed by atoms with Crippen LogP contribution in [0.1, 0.15) is 12.5 Å². The average molecular weight is 227 g/mol. The maximum Gasteiger partial charge on any atom is 0.332 e. The van der Waals surface area contributed by atoms with Gasteiger partial charge in [0.2, 0.25) is 0 Å². The molecule has 2 nitrogen and oxygen atoms in total. The molecular formula is C13H16NaO2. The van der Waals surface area contributed by atoms with Crippen molar-refractivity contribution in [2.24, 2.45) is 0 Å². The topological polar surface area (TPSA) is 26.3 Å². The molecule has 0 aromatic heterocycles. The molecule has 1 radical (unpaired) electrons. The second-order valence-electron chi connectivity index (χ2n) is 2.89. The summed E-state index contributed by atoms with van der Waals surface area (Å²) < 4.78 is 4.27. The van der Waals surface area contributed by atoms with Crippen LogP contribution in [0.3, 0.4) is 0 Å². The minimum absolute atomic E-state index is 0. The molecular weight excluding hydrogens is 211 g/mol. The van der Waals surface area contributed by atoms with Gasteiger partial charge in [-0.05, 0) is 12.5 Å². The summed E-state index contributed by atoms with van der Waals surface area (Å²) in [6.07, 6.45) is 1.83. The molecule has 0 spiro atoms. The fourth-order valence-corrected chi connectivity index (χ4v) is 0.763. The Morgan fingerprint density at radius 2 is 1.81 bits per heavy atom. The minimum atomic E-state index is -0.347. The van der Waals surface area contributed by atoms with E-state index < -0.39 is 0 Å². The number of ether oxygens (including phenoxy) is 1. The SMILES string of the molecule is C=C(C)C(=O)OC.C=Cc1ccccc1.[Na]. The van der Waals surface area contributed by atoms with Gasteiger partial charge in [0.1, 0.15) is 0 Å². The molecule has 81 valence electrons. The van der Waals surface area contributed by atoms with E-state index >= 15 is 0 Å². The van der Waals surface area contributed by atoms with E-state index in [1.165, 1.54) is 12.7 Å². The Kier molecular flexibility index (Phi) is 11.7. The Labute approximate surface area is 119 Å². The van der Waals surface area contributed by atoms with Gasteiger partial charge in [-0.2, -0.15) is 0 Å². The van der Waals surface area contributed by atoms with Crippen LogP contribution in [-0.4, -0.2) is 42.6 Å². The number of methoxy groups -OCH3 is 1. The molecule has 0 unspecified atom stereocenters. The second-order valence-corrected chi connectivity index (χ2v) is 2.89. The van der Waals surface area contributed by atoms with Crippen molar-refractivity contribution in [3.8, 4) is 0 Å². The van der Waals surface area contributed by atoms with Crippen LogP contribution < -0.4 is 0 Å². The van der Waals surface area contributed by atoms with E-state index in [1.807, 2.05) is 36.4 Å². The van der Waals surface area contributed by atoms with Gasteiger partial charge in [-0.25, -0.2) is 4.79 Å². The molecule has 0 saturated carbocycles. The van der Waals surface area contributed by atoms with Crippen molar-refractivity contribution < 1.29 is 9.53 Å². The van der Waals surface area contributed by atoms with Gasteiger partial charge in [0, 0.05) is 35.1 Å². The van der Waals surface area contributed by atoms with Crippen molar-refractivity contribution in [2.75, 3.05) is 7.11 Å². The number of benzene rings is 1. The van der Waals surface area contributed by atoms with Crippen LogP contribution in [0.15, 0.2) is 49.1 Å². The fraction of sp³-hybridized carbons (Fsp3) is 0.154. The molecule has 0 amide bonds. The van der Waals surface area contributed by atoms with Gasteiger partial charge in [0.05, 0.1) is 7.11 Å². The van der Waals surface area contributed by atoms with Crippen molar-refractivity contribution in [1.82, 2.24) is 0 Å². The van der Waals surface area contributed by atoms with Crippen molar-refractivity contribution in [1.29, 1.82) is 0 Å². The summed E-state index contributed by atoms with van der Waals surface area (Å²) in [5, 5.41) is 0. The van der Waals surface area contributed by atoms with Gasteiger partial charge in [0.25, 0.3) is 0 Å². The summed E-state index contributed by atoms with van der Waals surface area (Å²) in [5.74, 6) is -0.347. The van der Waals surface area contributed by atoms with Crippen LogP contribution in [0.4, 0.5) is 0 Å². The predicted molar refractivity (Wildman–Crippen MR) is 69.1 cm³/mol. The monoisotopic (exact) mass is 227 g/mol. The number of hydrogen-bond donors (Lipinski definition) is 0. The first-order chi connectivity index (χ1) is 7.11. The van der Waals surface area contributed by atoms with Crippen LogP contribution in [0.25, 0.3) is 6.08 Å². The number of rotatable bonds is 2. The van der Waals surface area contributed by atoms with Gasteiger partial charge in [-0.3, -0.25) is 0 Å². The third kappa shape index (κ3) is 8.48. The van der Waals surface area contributed by atoms with Crippen LogP contribution in [-0.2, 0) is 9.53 Å². The Morgan fingerprint density at radius 3 is 2.00 bits per heavy atom. The standard InChI is InChI=1S/C8H8.C5H8O2.Na/c1-2-8-6-4-3-5-7-8;1-4(2)5(6)7-3;/h2-7H,1H2;1H2,2-3H3;. The van der Waals surface area contributed by atoms with Crippen LogP contribution in [0.5, 0.6) is 0 Å². The maximum atomic E-state index is 10.2. The molecule has 16 heavy (non-hydrogen) atoms. The fourth-order valence-electron chi connectivity index (χ4n) is 0.763. The van der Waals surface area contributed by atoms with Crippen molar-refractivity contribution in [3.05, 3.63) is 54.6 Å². The van der Waals surface area contributed by atoms with Gasteiger partial charge in [-0.15, -0.1) is 0 Å². The first-order valence-corrected chi connectivity index (χ1v) is 4.53. The van der Waals surface area contributed by atoms with E-state index in [-0.39, 0.29) is 35.5 Å².